The number of carbonyl (C=O) groups excluding carboxylic acids is 1. The first-order valence-corrected chi connectivity index (χ1v) is 6.01. The van der Waals surface area contributed by atoms with E-state index in [1.807, 2.05) is 20.8 Å². The summed E-state index contributed by atoms with van der Waals surface area (Å²) in [5.74, 6) is -1.40. The molecule has 0 rings (SSSR count). The van der Waals surface area contributed by atoms with Crippen molar-refractivity contribution in [2.75, 3.05) is 6.61 Å². The van der Waals surface area contributed by atoms with Gasteiger partial charge in [-0.1, -0.05) is 20.3 Å². The standard InChI is InChI=1S/C12H23NO4/c1-5-7-12(4,11(15)16)13-10(14)8-17-9(3)6-2/h9H,5-8H2,1-4H3,(H,13,14)(H,15,16). The molecule has 2 atom stereocenters. The van der Waals surface area contributed by atoms with Crippen LogP contribution in [-0.4, -0.2) is 35.2 Å². The maximum Gasteiger partial charge on any atom is 0.329 e. The van der Waals surface area contributed by atoms with Crippen LogP contribution in [0.1, 0.15) is 47.0 Å². The molecule has 0 aliphatic carbocycles. The molecule has 2 N–H and O–H groups in total. The predicted octanol–water partition coefficient (Wildman–Crippen LogP) is 1.56. The predicted molar refractivity (Wildman–Crippen MR) is 64.8 cm³/mol. The van der Waals surface area contributed by atoms with Crippen molar-refractivity contribution in [3.63, 3.8) is 0 Å². The molecule has 0 aromatic rings. The fourth-order valence-electron chi connectivity index (χ4n) is 1.40. The average Bonchev–Trinajstić information content (AvgIpc) is 2.25. The van der Waals surface area contributed by atoms with Crippen LogP contribution < -0.4 is 5.32 Å². The van der Waals surface area contributed by atoms with Crippen LogP contribution in [0, 0.1) is 0 Å². The van der Waals surface area contributed by atoms with Crippen molar-refractivity contribution in [2.24, 2.45) is 0 Å². The van der Waals surface area contributed by atoms with Gasteiger partial charge < -0.3 is 15.2 Å². The zero-order valence-electron chi connectivity index (χ0n) is 11.1. The molecule has 0 saturated carbocycles. The molecule has 0 fully saturated rings. The number of carbonyl (C=O) groups is 2. The summed E-state index contributed by atoms with van der Waals surface area (Å²) in [5.41, 5.74) is -1.20. The van der Waals surface area contributed by atoms with Crippen molar-refractivity contribution in [1.82, 2.24) is 5.32 Å². The van der Waals surface area contributed by atoms with Crippen LogP contribution in [0.5, 0.6) is 0 Å². The molecular weight excluding hydrogens is 222 g/mol. The smallest absolute Gasteiger partial charge is 0.329 e. The third-order valence-corrected chi connectivity index (χ3v) is 2.71. The van der Waals surface area contributed by atoms with Gasteiger partial charge in [-0.2, -0.15) is 0 Å². The van der Waals surface area contributed by atoms with Crippen molar-refractivity contribution >= 4 is 11.9 Å². The highest BCUT2D eigenvalue weighted by atomic mass is 16.5. The number of carboxylic acids is 1. The van der Waals surface area contributed by atoms with Crippen LogP contribution in [0.2, 0.25) is 0 Å². The SMILES string of the molecule is CCCC(C)(NC(=O)COC(C)CC)C(=O)O. The first-order chi connectivity index (χ1) is 7.85. The van der Waals surface area contributed by atoms with E-state index in [9.17, 15) is 9.59 Å². The van der Waals surface area contributed by atoms with Gasteiger partial charge in [0.15, 0.2) is 0 Å². The first-order valence-electron chi connectivity index (χ1n) is 6.01. The molecule has 0 heterocycles. The van der Waals surface area contributed by atoms with Gasteiger partial charge >= 0.3 is 5.97 Å². The lowest BCUT2D eigenvalue weighted by molar-refractivity contribution is -0.148. The van der Waals surface area contributed by atoms with E-state index in [2.05, 4.69) is 5.32 Å². The van der Waals surface area contributed by atoms with E-state index in [0.717, 1.165) is 6.42 Å². The van der Waals surface area contributed by atoms with Crippen LogP contribution in [0.15, 0.2) is 0 Å². The maximum atomic E-state index is 11.6. The Balaban J connectivity index is 4.27. The number of amides is 1. The van der Waals surface area contributed by atoms with Gasteiger partial charge in [0, 0.05) is 0 Å². The third-order valence-electron chi connectivity index (χ3n) is 2.71. The fraction of sp³-hybridized carbons (Fsp3) is 0.833. The van der Waals surface area contributed by atoms with Crippen molar-refractivity contribution in [1.29, 1.82) is 0 Å². The van der Waals surface area contributed by atoms with E-state index in [-0.39, 0.29) is 18.6 Å². The van der Waals surface area contributed by atoms with E-state index >= 15 is 0 Å². The van der Waals surface area contributed by atoms with Crippen LogP contribution in [0.3, 0.4) is 0 Å². The Kier molecular flexibility index (Phi) is 6.80. The fourth-order valence-corrected chi connectivity index (χ4v) is 1.40. The zero-order chi connectivity index (χ0) is 13.5. The molecule has 0 aliphatic heterocycles. The van der Waals surface area contributed by atoms with Gasteiger partial charge in [-0.15, -0.1) is 0 Å². The second-order valence-corrected chi connectivity index (χ2v) is 4.47. The molecule has 0 bridgehead atoms. The lowest BCUT2D eigenvalue weighted by atomic mass is 9.96. The summed E-state index contributed by atoms with van der Waals surface area (Å²) < 4.78 is 5.25. The summed E-state index contributed by atoms with van der Waals surface area (Å²) in [6.07, 6.45) is 1.91. The van der Waals surface area contributed by atoms with E-state index in [1.165, 1.54) is 6.92 Å². The van der Waals surface area contributed by atoms with Gasteiger partial charge in [0.25, 0.3) is 0 Å². The largest absolute Gasteiger partial charge is 0.480 e. The molecule has 17 heavy (non-hydrogen) atoms. The van der Waals surface area contributed by atoms with Gasteiger partial charge in [0.1, 0.15) is 12.1 Å². The number of hydrogen-bond donors (Lipinski definition) is 2. The van der Waals surface area contributed by atoms with E-state index in [1.54, 1.807) is 0 Å². The highest BCUT2D eigenvalue weighted by molar-refractivity contribution is 5.87. The summed E-state index contributed by atoms with van der Waals surface area (Å²) in [6, 6.07) is 0. The second kappa shape index (κ2) is 7.27. The Morgan fingerprint density at radius 2 is 2.00 bits per heavy atom. The molecule has 1 amide bonds. The number of aliphatic carboxylic acids is 1. The van der Waals surface area contributed by atoms with E-state index in [0.29, 0.717) is 12.8 Å². The molecule has 100 valence electrons. The monoisotopic (exact) mass is 245 g/mol. The summed E-state index contributed by atoms with van der Waals surface area (Å²) in [7, 11) is 0. The highest BCUT2D eigenvalue weighted by Gasteiger charge is 2.33. The summed E-state index contributed by atoms with van der Waals surface area (Å²) in [6.45, 7) is 7.13. The molecule has 0 spiro atoms. The minimum Gasteiger partial charge on any atom is -0.480 e. The minimum atomic E-state index is -1.20. The average molecular weight is 245 g/mol. The molecule has 0 aromatic heterocycles. The van der Waals surface area contributed by atoms with Crippen molar-refractivity contribution in [3.8, 4) is 0 Å². The molecule has 0 radical (unpaired) electrons. The van der Waals surface area contributed by atoms with Gasteiger partial charge in [0.05, 0.1) is 6.10 Å². The molecular formula is C12H23NO4. The summed E-state index contributed by atoms with van der Waals surface area (Å²) in [4.78, 5) is 22.6. The molecule has 0 aromatic carbocycles. The normalized spacial score (nSPS) is 16.0. The Bertz CT molecular complexity index is 267. The van der Waals surface area contributed by atoms with Crippen LogP contribution in [0.25, 0.3) is 0 Å². The number of hydrogen-bond acceptors (Lipinski definition) is 3. The Morgan fingerprint density at radius 3 is 2.41 bits per heavy atom. The van der Waals surface area contributed by atoms with Gasteiger partial charge in [-0.05, 0) is 26.7 Å². The topological polar surface area (TPSA) is 75.6 Å². The molecule has 5 heteroatoms. The van der Waals surface area contributed by atoms with Crippen molar-refractivity contribution in [2.45, 2.75) is 58.6 Å². The second-order valence-electron chi connectivity index (χ2n) is 4.47. The number of carboxylic acid groups (broad SMARTS) is 1. The number of rotatable bonds is 8. The molecule has 0 aliphatic rings. The highest BCUT2D eigenvalue weighted by Crippen LogP contribution is 2.12. The lowest BCUT2D eigenvalue weighted by Gasteiger charge is -2.26. The van der Waals surface area contributed by atoms with Gasteiger partial charge in [0.2, 0.25) is 5.91 Å². The number of ether oxygens (including phenoxy) is 1. The van der Waals surface area contributed by atoms with Gasteiger partial charge in [-0.3, -0.25) is 4.79 Å². The number of nitrogens with one attached hydrogen (secondary N) is 1. The van der Waals surface area contributed by atoms with Crippen molar-refractivity contribution < 1.29 is 19.4 Å². The Morgan fingerprint density at radius 1 is 1.41 bits per heavy atom. The maximum absolute atomic E-state index is 11.6. The molecule has 0 saturated heterocycles. The third kappa shape index (κ3) is 5.68. The zero-order valence-corrected chi connectivity index (χ0v) is 11.1. The van der Waals surface area contributed by atoms with Crippen LogP contribution >= 0.6 is 0 Å². The lowest BCUT2D eigenvalue weighted by Crippen LogP contribution is -2.53. The Labute approximate surface area is 103 Å². The quantitative estimate of drug-likeness (QED) is 0.680. The minimum absolute atomic E-state index is 0.00279. The van der Waals surface area contributed by atoms with Crippen LogP contribution in [-0.2, 0) is 14.3 Å². The first kappa shape index (κ1) is 15.9. The molecule has 5 nitrogen and oxygen atoms in total. The van der Waals surface area contributed by atoms with Gasteiger partial charge in [-0.25, -0.2) is 4.79 Å². The van der Waals surface area contributed by atoms with Crippen molar-refractivity contribution in [3.05, 3.63) is 0 Å². The van der Waals surface area contributed by atoms with E-state index < -0.39 is 11.5 Å². The summed E-state index contributed by atoms with van der Waals surface area (Å²) >= 11 is 0. The van der Waals surface area contributed by atoms with E-state index in [4.69, 9.17) is 9.84 Å². The summed E-state index contributed by atoms with van der Waals surface area (Å²) in [5, 5.41) is 11.6. The molecule has 2 unspecified atom stereocenters. The van der Waals surface area contributed by atoms with Crippen LogP contribution in [0.4, 0.5) is 0 Å². The Hall–Kier alpha value is -1.10.